The van der Waals surface area contributed by atoms with Crippen molar-refractivity contribution in [1.82, 2.24) is 10.2 Å². The summed E-state index contributed by atoms with van der Waals surface area (Å²) in [6.07, 6.45) is -2.26. The number of aliphatic imine (C=N–C) groups is 1. The first-order valence-corrected chi connectivity index (χ1v) is 9.44. The van der Waals surface area contributed by atoms with Gasteiger partial charge >= 0.3 is 6.16 Å². The Morgan fingerprint density at radius 1 is 1.60 bits per heavy atom. The summed E-state index contributed by atoms with van der Waals surface area (Å²) >= 11 is 2.78. The molecule has 1 fully saturated rings. The first-order valence-electron chi connectivity index (χ1n) is 7.68. The molecule has 0 saturated carbocycles. The number of carbonyl (C=O) groups is 2. The fourth-order valence-corrected chi connectivity index (χ4v) is 5.85. The van der Waals surface area contributed by atoms with Crippen molar-refractivity contribution in [2.75, 3.05) is 26.8 Å². The number of hydrogen-bond acceptors (Lipinski definition) is 9. The van der Waals surface area contributed by atoms with Crippen LogP contribution in [0, 0.1) is 5.92 Å². The van der Waals surface area contributed by atoms with Gasteiger partial charge in [-0.15, -0.1) is 11.8 Å². The topological polar surface area (TPSA) is 121 Å². The molecule has 138 valence electrons. The van der Waals surface area contributed by atoms with Gasteiger partial charge in [-0.25, -0.2) is 4.79 Å². The SMILES string of the molecule is COCC1=NCC(SC2=C(OC(=O)O)N3C(=O)C(C(C)O)[C@@H]3S2)CN1. The maximum absolute atomic E-state index is 12.2. The van der Waals surface area contributed by atoms with Crippen LogP contribution in [0.25, 0.3) is 0 Å². The molecule has 4 atom stereocenters. The van der Waals surface area contributed by atoms with E-state index in [4.69, 9.17) is 14.6 Å². The highest BCUT2D eigenvalue weighted by Gasteiger charge is 2.57. The molecule has 0 aromatic rings. The van der Waals surface area contributed by atoms with Crippen LogP contribution in [-0.2, 0) is 14.3 Å². The summed E-state index contributed by atoms with van der Waals surface area (Å²) in [5, 5.41) is 21.7. The number of aliphatic hydroxyl groups excluding tert-OH is 1. The summed E-state index contributed by atoms with van der Waals surface area (Å²) < 4.78 is 10.5. The standard InChI is InChI=1S/C14H19N3O6S2/c1-6(18)9-10(19)17-11(23-14(20)21)13(25-12(9)17)24-7-3-15-8(5-22-2)16-4-7/h6-7,9,12,18H,3-5H2,1-2H3,(H,15,16)(H,20,21)/t6?,9?,12-/m0/s1. The van der Waals surface area contributed by atoms with E-state index in [0.717, 1.165) is 5.84 Å². The minimum absolute atomic E-state index is 0.0427. The number of rotatable bonds is 6. The lowest BCUT2D eigenvalue weighted by Gasteiger charge is -2.43. The molecular weight excluding hydrogens is 370 g/mol. The zero-order chi connectivity index (χ0) is 18.1. The van der Waals surface area contributed by atoms with E-state index in [9.17, 15) is 14.7 Å². The van der Waals surface area contributed by atoms with Crippen LogP contribution in [0.1, 0.15) is 6.92 Å². The number of methoxy groups -OCH3 is 1. The van der Waals surface area contributed by atoms with Crippen LogP contribution in [0.3, 0.4) is 0 Å². The number of β-lactam (4-membered cyclic amide) rings is 1. The Bertz CT molecular complexity index is 638. The van der Waals surface area contributed by atoms with Crippen LogP contribution >= 0.6 is 23.5 Å². The summed E-state index contributed by atoms with van der Waals surface area (Å²) in [5.41, 5.74) is 0. The molecule has 0 radical (unpaired) electrons. The Hall–Kier alpha value is -1.43. The van der Waals surface area contributed by atoms with Crippen molar-refractivity contribution in [3.8, 4) is 0 Å². The zero-order valence-electron chi connectivity index (χ0n) is 13.7. The first-order chi connectivity index (χ1) is 11.9. The van der Waals surface area contributed by atoms with E-state index in [1.807, 2.05) is 0 Å². The zero-order valence-corrected chi connectivity index (χ0v) is 15.3. The van der Waals surface area contributed by atoms with Gasteiger partial charge in [-0.2, -0.15) is 0 Å². The number of hydrogen-bond donors (Lipinski definition) is 3. The second-order valence-corrected chi connectivity index (χ2v) is 8.48. The lowest BCUT2D eigenvalue weighted by atomic mass is 9.93. The third-order valence-corrected chi connectivity index (χ3v) is 6.73. The number of carboxylic acid groups (broad SMARTS) is 1. The summed E-state index contributed by atoms with van der Waals surface area (Å²) in [7, 11) is 1.60. The van der Waals surface area contributed by atoms with Crippen LogP contribution < -0.4 is 5.32 Å². The van der Waals surface area contributed by atoms with Gasteiger partial charge in [0.15, 0.2) is 0 Å². The third-order valence-electron chi connectivity index (χ3n) is 3.98. The molecule has 1 amide bonds. The van der Waals surface area contributed by atoms with E-state index in [-0.39, 0.29) is 22.4 Å². The van der Waals surface area contributed by atoms with Crippen molar-refractivity contribution in [1.29, 1.82) is 0 Å². The molecule has 0 spiro atoms. The van der Waals surface area contributed by atoms with Gasteiger partial charge in [0.25, 0.3) is 0 Å². The van der Waals surface area contributed by atoms with E-state index in [1.54, 1.807) is 14.0 Å². The molecule has 25 heavy (non-hydrogen) atoms. The monoisotopic (exact) mass is 389 g/mol. The van der Waals surface area contributed by atoms with Gasteiger partial charge in [-0.05, 0) is 6.92 Å². The van der Waals surface area contributed by atoms with Crippen molar-refractivity contribution in [2.24, 2.45) is 10.9 Å². The Morgan fingerprint density at radius 2 is 2.36 bits per heavy atom. The Morgan fingerprint density at radius 3 is 2.92 bits per heavy atom. The molecule has 1 saturated heterocycles. The predicted octanol–water partition coefficient (Wildman–Crippen LogP) is 0.470. The summed E-state index contributed by atoms with van der Waals surface area (Å²) in [6.45, 7) is 3.18. The molecule has 3 unspecified atom stereocenters. The van der Waals surface area contributed by atoms with Crippen LogP contribution in [0.4, 0.5) is 4.79 Å². The van der Waals surface area contributed by atoms with Crippen LogP contribution in [-0.4, -0.2) is 76.5 Å². The number of nitrogens with one attached hydrogen (secondary N) is 1. The smallest absolute Gasteiger partial charge is 0.449 e. The van der Waals surface area contributed by atoms with Crippen molar-refractivity contribution < 1.29 is 29.3 Å². The Balaban J connectivity index is 1.72. The van der Waals surface area contributed by atoms with Gasteiger partial charge in [0.05, 0.1) is 18.6 Å². The van der Waals surface area contributed by atoms with Crippen molar-refractivity contribution >= 4 is 41.4 Å². The fraction of sp³-hybridized carbons (Fsp3) is 0.643. The average Bonchev–Trinajstić information content (AvgIpc) is 2.81. The van der Waals surface area contributed by atoms with Crippen LogP contribution in [0.15, 0.2) is 15.1 Å². The molecule has 0 aromatic heterocycles. The molecule has 3 aliphatic heterocycles. The molecule has 0 aliphatic carbocycles. The second kappa shape index (κ2) is 7.44. The summed E-state index contributed by atoms with van der Waals surface area (Å²) in [5.74, 6) is -0.0449. The van der Waals surface area contributed by atoms with Crippen molar-refractivity contribution in [3.05, 3.63) is 10.1 Å². The van der Waals surface area contributed by atoms with Crippen LogP contribution in [0.5, 0.6) is 0 Å². The molecule has 0 bridgehead atoms. The fourth-order valence-electron chi connectivity index (χ4n) is 2.81. The number of thioether (sulfide) groups is 2. The van der Waals surface area contributed by atoms with E-state index < -0.39 is 18.2 Å². The Labute approximate surface area is 152 Å². The van der Waals surface area contributed by atoms with Gasteiger partial charge < -0.3 is 25.0 Å². The number of aliphatic hydroxyl groups is 1. The van der Waals surface area contributed by atoms with E-state index in [1.165, 1.54) is 28.4 Å². The third kappa shape index (κ3) is 3.59. The van der Waals surface area contributed by atoms with Gasteiger partial charge in [-0.1, -0.05) is 11.8 Å². The van der Waals surface area contributed by atoms with E-state index in [2.05, 4.69) is 10.3 Å². The highest BCUT2D eigenvalue weighted by Crippen LogP contribution is 2.54. The van der Waals surface area contributed by atoms with Gasteiger partial charge in [0.2, 0.25) is 11.8 Å². The van der Waals surface area contributed by atoms with E-state index >= 15 is 0 Å². The number of amidine groups is 1. The molecular formula is C14H19N3O6S2. The second-order valence-electron chi connectivity index (χ2n) is 5.78. The number of nitrogens with zero attached hydrogens (tertiary/aromatic N) is 2. The average molecular weight is 389 g/mol. The molecule has 9 nitrogen and oxygen atoms in total. The van der Waals surface area contributed by atoms with E-state index in [0.29, 0.717) is 23.9 Å². The molecule has 11 heteroatoms. The first kappa shape index (κ1) is 18.4. The largest absolute Gasteiger partial charge is 0.512 e. The maximum atomic E-state index is 12.2. The number of amides is 1. The molecule has 3 rings (SSSR count). The minimum Gasteiger partial charge on any atom is -0.449 e. The minimum atomic E-state index is -1.47. The maximum Gasteiger partial charge on any atom is 0.512 e. The number of ether oxygens (including phenoxy) is 2. The van der Waals surface area contributed by atoms with Crippen LogP contribution in [0.2, 0.25) is 0 Å². The lowest BCUT2D eigenvalue weighted by Crippen LogP contribution is -2.60. The highest BCUT2D eigenvalue weighted by atomic mass is 32.2. The van der Waals surface area contributed by atoms with Gasteiger partial charge in [0, 0.05) is 18.9 Å². The van der Waals surface area contributed by atoms with Gasteiger partial charge in [0.1, 0.15) is 22.1 Å². The number of carbonyl (C=O) groups excluding carboxylic acids is 1. The summed E-state index contributed by atoms with van der Waals surface area (Å²) in [6, 6.07) is 0. The molecule has 0 aromatic carbocycles. The highest BCUT2D eigenvalue weighted by molar-refractivity contribution is 8.23. The Kier molecular flexibility index (Phi) is 5.46. The van der Waals surface area contributed by atoms with Gasteiger partial charge in [-0.3, -0.25) is 14.7 Å². The number of fused-ring (bicyclic) bond motifs is 1. The summed E-state index contributed by atoms with van der Waals surface area (Å²) in [4.78, 5) is 28.9. The molecule has 3 N–H and O–H groups in total. The quantitative estimate of drug-likeness (QED) is 0.440. The predicted molar refractivity (Wildman–Crippen MR) is 93.1 cm³/mol. The van der Waals surface area contributed by atoms with Crippen molar-refractivity contribution in [3.63, 3.8) is 0 Å². The molecule has 3 heterocycles. The normalized spacial score (nSPS) is 29.6. The molecule has 3 aliphatic rings. The van der Waals surface area contributed by atoms with Crippen molar-refractivity contribution in [2.45, 2.75) is 23.7 Å². The lowest BCUT2D eigenvalue weighted by molar-refractivity contribution is -0.155.